The van der Waals surface area contributed by atoms with E-state index < -0.39 is 0 Å². The Hall–Kier alpha value is -1.91. The number of hydrogen-bond donors (Lipinski definition) is 0. The molecule has 0 atom stereocenters. The lowest BCUT2D eigenvalue weighted by Crippen LogP contribution is -2.30. The van der Waals surface area contributed by atoms with Gasteiger partial charge in [0.15, 0.2) is 0 Å². The fourth-order valence-corrected chi connectivity index (χ4v) is 3.33. The van der Waals surface area contributed by atoms with Crippen molar-refractivity contribution in [2.24, 2.45) is 0 Å². The average molecular weight is 287 g/mol. The molecule has 0 radical (unpaired) electrons. The van der Waals surface area contributed by atoms with Gasteiger partial charge in [-0.25, -0.2) is 13.9 Å². The topological polar surface area (TPSA) is 39.8 Å². The summed E-state index contributed by atoms with van der Waals surface area (Å²) in [5.74, 6) is 0.699. The van der Waals surface area contributed by atoms with Crippen LogP contribution >= 0.6 is 0 Å². The van der Waals surface area contributed by atoms with Gasteiger partial charge in [-0.3, -0.25) is 4.57 Å². The first-order valence-electron chi connectivity index (χ1n) is 7.61. The second kappa shape index (κ2) is 4.55. The number of fused-ring (bicyclic) bond motifs is 1. The van der Waals surface area contributed by atoms with E-state index in [1.165, 1.54) is 12.1 Å². The van der Waals surface area contributed by atoms with Crippen molar-refractivity contribution in [3.05, 3.63) is 52.0 Å². The van der Waals surface area contributed by atoms with Gasteiger partial charge in [-0.1, -0.05) is 12.1 Å². The van der Waals surface area contributed by atoms with Crippen LogP contribution in [-0.4, -0.2) is 14.3 Å². The predicted molar refractivity (Wildman–Crippen MR) is 76.7 cm³/mol. The monoisotopic (exact) mass is 287 g/mol. The van der Waals surface area contributed by atoms with E-state index in [4.69, 9.17) is 0 Å². The Labute approximate surface area is 122 Å². The first-order chi connectivity index (χ1) is 10.2. The summed E-state index contributed by atoms with van der Waals surface area (Å²) >= 11 is 0. The third kappa shape index (κ3) is 2.11. The predicted octanol–water partition coefficient (Wildman–Crippen LogP) is 2.25. The molecule has 0 bridgehead atoms. The Morgan fingerprint density at radius 1 is 1.19 bits per heavy atom. The summed E-state index contributed by atoms with van der Waals surface area (Å²) in [5.41, 5.74) is 1.10. The Kier molecular flexibility index (Phi) is 2.77. The summed E-state index contributed by atoms with van der Waals surface area (Å²) in [6.07, 6.45) is 5.13. The highest BCUT2D eigenvalue weighted by molar-refractivity contribution is 5.31. The summed E-state index contributed by atoms with van der Waals surface area (Å²) < 4.78 is 16.5. The molecule has 1 saturated carbocycles. The van der Waals surface area contributed by atoms with Gasteiger partial charge in [0.25, 0.3) is 0 Å². The molecule has 0 spiro atoms. The third-order valence-corrected chi connectivity index (χ3v) is 4.79. The lowest BCUT2D eigenvalue weighted by molar-refractivity contribution is 0.479. The number of aryl methyl sites for hydroxylation is 1. The maximum absolute atomic E-state index is 13.1. The maximum Gasteiger partial charge on any atom is 0.345 e. The van der Waals surface area contributed by atoms with Gasteiger partial charge in [0.05, 0.1) is 6.54 Å². The first-order valence-corrected chi connectivity index (χ1v) is 7.61. The zero-order valence-corrected chi connectivity index (χ0v) is 11.9. The van der Waals surface area contributed by atoms with Gasteiger partial charge in [-0.05, 0) is 43.4 Å². The van der Waals surface area contributed by atoms with E-state index in [9.17, 15) is 9.18 Å². The molecule has 2 aliphatic rings. The van der Waals surface area contributed by atoms with Gasteiger partial charge in [-0.2, -0.15) is 5.10 Å². The van der Waals surface area contributed by atoms with Crippen LogP contribution in [0.25, 0.3) is 0 Å². The molecule has 5 heteroatoms. The second-order valence-corrected chi connectivity index (χ2v) is 6.25. The molecule has 2 heterocycles. The number of benzene rings is 1. The normalized spacial score (nSPS) is 19.3. The van der Waals surface area contributed by atoms with Gasteiger partial charge in [-0.15, -0.1) is 0 Å². The summed E-state index contributed by atoms with van der Waals surface area (Å²) in [6, 6.07) is 6.67. The van der Waals surface area contributed by atoms with E-state index in [2.05, 4.69) is 5.10 Å². The minimum absolute atomic E-state index is 0.0121. The van der Waals surface area contributed by atoms with Crippen molar-refractivity contribution < 1.29 is 4.39 Å². The van der Waals surface area contributed by atoms with Crippen LogP contribution in [0, 0.1) is 5.82 Å². The number of aromatic nitrogens is 3. The molecule has 0 amide bonds. The minimum Gasteiger partial charge on any atom is -0.279 e. The molecular formula is C16H18FN3O. The van der Waals surface area contributed by atoms with Crippen molar-refractivity contribution in [2.45, 2.75) is 50.6 Å². The molecule has 0 unspecified atom stereocenters. The quantitative estimate of drug-likeness (QED) is 0.868. The summed E-state index contributed by atoms with van der Waals surface area (Å²) in [7, 11) is 0. The van der Waals surface area contributed by atoms with Crippen molar-refractivity contribution in [1.82, 2.24) is 14.3 Å². The molecule has 4 nitrogen and oxygen atoms in total. The minimum atomic E-state index is -0.218. The van der Waals surface area contributed by atoms with Crippen LogP contribution in [0.3, 0.4) is 0 Å². The number of rotatable bonds is 3. The molecule has 21 heavy (non-hydrogen) atoms. The number of nitrogens with zero attached hydrogens (tertiary/aromatic N) is 3. The van der Waals surface area contributed by atoms with Gasteiger partial charge in [0.2, 0.25) is 0 Å². The van der Waals surface area contributed by atoms with E-state index >= 15 is 0 Å². The van der Waals surface area contributed by atoms with Crippen molar-refractivity contribution in [2.75, 3.05) is 0 Å². The summed E-state index contributed by atoms with van der Waals surface area (Å²) in [6.45, 7) is 1.40. The molecule has 1 aliphatic heterocycles. The van der Waals surface area contributed by atoms with Crippen molar-refractivity contribution >= 4 is 0 Å². The summed E-state index contributed by atoms with van der Waals surface area (Å²) in [5, 5.41) is 4.51. The molecule has 110 valence electrons. The molecule has 0 saturated heterocycles. The Balaban J connectivity index is 1.65. The molecular weight excluding hydrogens is 269 g/mol. The first kappa shape index (κ1) is 12.8. The number of halogens is 1. The Morgan fingerprint density at radius 2 is 1.95 bits per heavy atom. The smallest absolute Gasteiger partial charge is 0.279 e. The van der Waals surface area contributed by atoms with E-state index in [1.807, 2.05) is 16.7 Å². The second-order valence-electron chi connectivity index (χ2n) is 6.25. The molecule has 1 aliphatic carbocycles. The highest BCUT2D eigenvalue weighted by Gasteiger charge is 2.45. The molecule has 1 fully saturated rings. The van der Waals surface area contributed by atoms with Crippen molar-refractivity contribution in [1.29, 1.82) is 0 Å². The highest BCUT2D eigenvalue weighted by Crippen LogP contribution is 2.49. The van der Waals surface area contributed by atoms with Crippen LogP contribution in [0.4, 0.5) is 4.39 Å². The van der Waals surface area contributed by atoms with Crippen molar-refractivity contribution in [3.63, 3.8) is 0 Å². The maximum atomic E-state index is 13.1. The fourth-order valence-electron chi connectivity index (χ4n) is 3.33. The van der Waals surface area contributed by atoms with Gasteiger partial charge in [0, 0.05) is 18.4 Å². The van der Waals surface area contributed by atoms with E-state index in [-0.39, 0.29) is 16.9 Å². The third-order valence-electron chi connectivity index (χ3n) is 4.79. The van der Waals surface area contributed by atoms with Gasteiger partial charge >= 0.3 is 5.69 Å². The zero-order chi connectivity index (χ0) is 14.4. The fraction of sp³-hybridized carbons (Fsp3) is 0.500. The van der Waals surface area contributed by atoms with E-state index in [1.54, 1.807) is 4.68 Å². The highest BCUT2D eigenvalue weighted by atomic mass is 19.1. The molecule has 1 aromatic heterocycles. The number of hydrogen-bond acceptors (Lipinski definition) is 2. The van der Waals surface area contributed by atoms with Gasteiger partial charge < -0.3 is 0 Å². The van der Waals surface area contributed by atoms with Crippen LogP contribution in [0.15, 0.2) is 29.1 Å². The van der Waals surface area contributed by atoms with Gasteiger partial charge in [0.1, 0.15) is 11.6 Å². The lowest BCUT2D eigenvalue weighted by atomic mass is 9.96. The Morgan fingerprint density at radius 3 is 2.62 bits per heavy atom. The van der Waals surface area contributed by atoms with Crippen LogP contribution in [0.1, 0.15) is 37.1 Å². The van der Waals surface area contributed by atoms with Crippen molar-refractivity contribution in [3.8, 4) is 0 Å². The standard InChI is InChI=1S/C16H18FN3O/c17-13-6-4-12(5-7-13)16(8-9-16)11-20-15(21)19-10-2-1-3-14(19)18-20/h4-7H,1-3,8-11H2. The molecule has 1 aromatic carbocycles. The van der Waals surface area contributed by atoms with E-state index in [0.717, 1.165) is 50.0 Å². The molecule has 0 N–H and O–H groups in total. The zero-order valence-electron chi connectivity index (χ0n) is 11.9. The summed E-state index contributed by atoms with van der Waals surface area (Å²) in [4.78, 5) is 12.4. The van der Waals surface area contributed by atoms with Crippen LogP contribution in [0.2, 0.25) is 0 Å². The van der Waals surface area contributed by atoms with Crippen LogP contribution in [-0.2, 0) is 24.9 Å². The largest absolute Gasteiger partial charge is 0.345 e. The molecule has 4 rings (SSSR count). The van der Waals surface area contributed by atoms with Crippen LogP contribution in [0.5, 0.6) is 0 Å². The Bertz CT molecular complexity index is 725. The lowest BCUT2D eigenvalue weighted by Gasteiger charge is -2.14. The molecule has 2 aromatic rings. The average Bonchev–Trinajstić information content (AvgIpc) is 3.21. The van der Waals surface area contributed by atoms with E-state index in [0.29, 0.717) is 6.54 Å². The van der Waals surface area contributed by atoms with Crippen LogP contribution < -0.4 is 5.69 Å². The SMILES string of the molecule is O=c1n(CC2(c3ccc(F)cc3)CC2)nc2n1CCCC2.